The molecular weight excluding hydrogens is 311 g/mol. The molecule has 1 heterocycles. The molecule has 1 aliphatic rings. The van der Waals surface area contributed by atoms with Crippen LogP contribution in [0.4, 0.5) is 0 Å². The van der Waals surface area contributed by atoms with Gasteiger partial charge in [-0.2, -0.15) is 0 Å². The molecule has 0 saturated carbocycles. The monoisotopic (exact) mass is 324 g/mol. The highest BCUT2D eigenvalue weighted by Crippen LogP contribution is 2.41. The number of benzene rings is 2. The molecule has 1 fully saturated rings. The van der Waals surface area contributed by atoms with Crippen LogP contribution >= 0.6 is 23.2 Å². The lowest BCUT2D eigenvalue weighted by Gasteiger charge is -2.14. The zero-order chi connectivity index (χ0) is 14.9. The van der Waals surface area contributed by atoms with Crippen LogP contribution in [0.2, 0.25) is 10.0 Å². The van der Waals surface area contributed by atoms with Gasteiger partial charge in [0.15, 0.2) is 5.60 Å². The summed E-state index contributed by atoms with van der Waals surface area (Å²) in [7, 11) is 1.63. The zero-order valence-electron chi connectivity index (χ0n) is 11.4. The van der Waals surface area contributed by atoms with E-state index in [9.17, 15) is 0 Å². The minimum atomic E-state index is -0.422. The molecule has 0 aliphatic carbocycles. The summed E-state index contributed by atoms with van der Waals surface area (Å²) in [6, 6.07) is 13.0. The molecular formula is C16H14Cl2O3. The van der Waals surface area contributed by atoms with Gasteiger partial charge in [-0.15, -0.1) is 0 Å². The summed E-state index contributed by atoms with van der Waals surface area (Å²) < 4.78 is 16.5. The van der Waals surface area contributed by atoms with Crippen molar-refractivity contribution in [1.82, 2.24) is 0 Å². The molecule has 0 amide bonds. The molecule has 110 valence electrons. The Balaban J connectivity index is 1.70. The van der Waals surface area contributed by atoms with Gasteiger partial charge >= 0.3 is 0 Å². The van der Waals surface area contributed by atoms with Crippen LogP contribution in [0.25, 0.3) is 0 Å². The first-order valence-electron chi connectivity index (χ1n) is 6.49. The number of hydrogen-bond acceptors (Lipinski definition) is 3. The van der Waals surface area contributed by atoms with Crippen molar-refractivity contribution in [3.05, 3.63) is 58.1 Å². The lowest BCUT2D eigenvalue weighted by Crippen LogP contribution is -2.19. The van der Waals surface area contributed by atoms with Crippen molar-refractivity contribution >= 4 is 23.2 Å². The Kier molecular flexibility index (Phi) is 3.98. The van der Waals surface area contributed by atoms with Crippen LogP contribution in [0.1, 0.15) is 5.56 Å². The Bertz CT molecular complexity index is 636. The molecule has 1 unspecified atom stereocenters. The zero-order valence-corrected chi connectivity index (χ0v) is 12.9. The average molecular weight is 325 g/mol. The van der Waals surface area contributed by atoms with Gasteiger partial charge in [-0.3, -0.25) is 0 Å². The van der Waals surface area contributed by atoms with E-state index >= 15 is 0 Å². The van der Waals surface area contributed by atoms with Crippen LogP contribution in [0.3, 0.4) is 0 Å². The van der Waals surface area contributed by atoms with E-state index in [2.05, 4.69) is 0 Å². The van der Waals surface area contributed by atoms with Crippen LogP contribution in [0, 0.1) is 0 Å². The Morgan fingerprint density at radius 1 is 1.05 bits per heavy atom. The molecule has 21 heavy (non-hydrogen) atoms. The van der Waals surface area contributed by atoms with E-state index in [1.165, 1.54) is 0 Å². The normalized spacial score (nSPS) is 20.1. The van der Waals surface area contributed by atoms with Gasteiger partial charge in [0.25, 0.3) is 0 Å². The standard InChI is InChI=1S/C16H14Cl2O3/c1-19-12-3-5-13(6-4-12)20-9-16(10-21-16)11-2-7-14(17)15(18)8-11/h2-8H,9-10H2,1H3. The first-order chi connectivity index (χ1) is 10.1. The summed E-state index contributed by atoms with van der Waals surface area (Å²) in [5.74, 6) is 1.56. The second-order valence-electron chi connectivity index (χ2n) is 4.88. The Morgan fingerprint density at radius 3 is 2.29 bits per heavy atom. The van der Waals surface area contributed by atoms with Crippen molar-refractivity contribution in [3.63, 3.8) is 0 Å². The maximum absolute atomic E-state index is 6.06. The molecule has 2 aromatic carbocycles. The topological polar surface area (TPSA) is 31.0 Å². The predicted octanol–water partition coefficient (Wildman–Crippen LogP) is 4.31. The van der Waals surface area contributed by atoms with Gasteiger partial charge in [0.2, 0.25) is 0 Å². The van der Waals surface area contributed by atoms with Crippen molar-refractivity contribution in [2.24, 2.45) is 0 Å². The highest BCUT2D eigenvalue weighted by molar-refractivity contribution is 6.42. The summed E-state index contributed by atoms with van der Waals surface area (Å²) in [4.78, 5) is 0. The van der Waals surface area contributed by atoms with E-state index in [1.54, 1.807) is 13.2 Å². The van der Waals surface area contributed by atoms with Crippen molar-refractivity contribution in [2.45, 2.75) is 5.60 Å². The van der Waals surface area contributed by atoms with Crippen molar-refractivity contribution in [1.29, 1.82) is 0 Å². The summed E-state index contributed by atoms with van der Waals surface area (Å²) in [5.41, 5.74) is 0.555. The summed E-state index contributed by atoms with van der Waals surface area (Å²) >= 11 is 12.0. The third-order valence-electron chi connectivity index (χ3n) is 3.47. The first-order valence-corrected chi connectivity index (χ1v) is 7.25. The SMILES string of the molecule is COc1ccc(OCC2(c3ccc(Cl)c(Cl)c3)CO2)cc1. The lowest BCUT2D eigenvalue weighted by atomic mass is 10.0. The van der Waals surface area contributed by atoms with Gasteiger partial charge in [0.05, 0.1) is 23.8 Å². The van der Waals surface area contributed by atoms with Crippen LogP contribution < -0.4 is 9.47 Å². The molecule has 0 N–H and O–H groups in total. The minimum absolute atomic E-state index is 0.422. The quantitative estimate of drug-likeness (QED) is 0.768. The smallest absolute Gasteiger partial charge is 0.150 e. The summed E-state index contributed by atoms with van der Waals surface area (Å²) in [6.45, 7) is 1.04. The van der Waals surface area contributed by atoms with E-state index in [4.69, 9.17) is 37.4 Å². The van der Waals surface area contributed by atoms with Gasteiger partial charge < -0.3 is 14.2 Å². The maximum Gasteiger partial charge on any atom is 0.150 e. The molecule has 5 heteroatoms. The molecule has 0 radical (unpaired) electrons. The number of rotatable bonds is 5. The fourth-order valence-corrected chi connectivity index (χ4v) is 2.37. The third kappa shape index (κ3) is 3.10. The highest BCUT2D eigenvalue weighted by Gasteiger charge is 2.47. The number of hydrogen-bond donors (Lipinski definition) is 0. The molecule has 2 aromatic rings. The molecule has 0 spiro atoms. The summed E-state index contributed by atoms with van der Waals surface area (Å²) in [5, 5.41) is 1.06. The molecule has 3 nitrogen and oxygen atoms in total. The van der Waals surface area contributed by atoms with E-state index in [-0.39, 0.29) is 0 Å². The van der Waals surface area contributed by atoms with Crippen molar-refractivity contribution in [2.75, 3.05) is 20.3 Å². The van der Waals surface area contributed by atoms with Crippen molar-refractivity contribution < 1.29 is 14.2 Å². The van der Waals surface area contributed by atoms with Gasteiger partial charge in [0, 0.05) is 0 Å². The first kappa shape index (κ1) is 14.5. The van der Waals surface area contributed by atoms with Crippen LogP contribution in [0.5, 0.6) is 11.5 Å². The predicted molar refractivity (Wildman–Crippen MR) is 82.6 cm³/mol. The molecule has 0 bridgehead atoms. The summed E-state index contributed by atoms with van der Waals surface area (Å²) in [6.07, 6.45) is 0. The second kappa shape index (κ2) is 5.76. The molecule has 1 aliphatic heterocycles. The molecule has 3 rings (SSSR count). The van der Waals surface area contributed by atoms with Crippen molar-refractivity contribution in [3.8, 4) is 11.5 Å². The third-order valence-corrected chi connectivity index (χ3v) is 4.21. The largest absolute Gasteiger partial charge is 0.497 e. The average Bonchev–Trinajstić information content (AvgIpc) is 3.30. The lowest BCUT2D eigenvalue weighted by molar-refractivity contribution is 0.190. The minimum Gasteiger partial charge on any atom is -0.497 e. The van der Waals surface area contributed by atoms with Gasteiger partial charge in [-0.25, -0.2) is 0 Å². The highest BCUT2D eigenvalue weighted by atomic mass is 35.5. The molecule has 0 aromatic heterocycles. The number of epoxide rings is 1. The van der Waals surface area contributed by atoms with Gasteiger partial charge in [-0.05, 0) is 42.0 Å². The Hall–Kier alpha value is -1.42. The fraction of sp³-hybridized carbons (Fsp3) is 0.250. The number of ether oxygens (including phenoxy) is 3. The number of methoxy groups -OCH3 is 1. The second-order valence-corrected chi connectivity index (χ2v) is 5.69. The van der Waals surface area contributed by atoms with Crippen LogP contribution in [0.15, 0.2) is 42.5 Å². The fourth-order valence-electron chi connectivity index (χ4n) is 2.07. The van der Waals surface area contributed by atoms with Crippen LogP contribution in [-0.4, -0.2) is 20.3 Å². The van der Waals surface area contributed by atoms with E-state index < -0.39 is 5.60 Å². The maximum atomic E-state index is 6.06. The van der Waals surface area contributed by atoms with Crippen LogP contribution in [-0.2, 0) is 10.3 Å². The Labute approximate surface area is 133 Å². The Morgan fingerprint density at radius 2 is 1.71 bits per heavy atom. The van der Waals surface area contributed by atoms with Gasteiger partial charge in [0.1, 0.15) is 18.1 Å². The van der Waals surface area contributed by atoms with E-state index in [0.29, 0.717) is 23.3 Å². The van der Waals surface area contributed by atoms with E-state index in [0.717, 1.165) is 17.1 Å². The van der Waals surface area contributed by atoms with E-state index in [1.807, 2.05) is 36.4 Å². The van der Waals surface area contributed by atoms with Gasteiger partial charge in [-0.1, -0.05) is 29.3 Å². The molecule has 1 atom stereocenters. The number of halogens is 2. The molecule has 1 saturated heterocycles.